The number of nitrogens with one attached hydrogen (secondary N) is 1. The van der Waals surface area contributed by atoms with E-state index in [1.54, 1.807) is 0 Å². The Labute approximate surface area is 414 Å². The second kappa shape index (κ2) is 48.6. The number of amides is 1. The fraction of sp³-hybridized carbons (Fsp3) is 0.948. The Bertz CT molecular complexity index is 1060. The molecule has 1 heterocycles. The fourth-order valence-corrected chi connectivity index (χ4v) is 9.69. The third-order valence-electron chi connectivity index (χ3n) is 14.4. The molecule has 1 fully saturated rings. The molecule has 1 amide bonds. The van der Waals surface area contributed by atoms with Crippen molar-refractivity contribution in [1.82, 2.24) is 5.32 Å². The highest BCUT2D eigenvalue weighted by Gasteiger charge is 2.44. The molecule has 398 valence electrons. The molecule has 0 aromatic heterocycles. The van der Waals surface area contributed by atoms with E-state index < -0.39 is 49.5 Å². The van der Waals surface area contributed by atoms with E-state index in [0.29, 0.717) is 12.8 Å². The van der Waals surface area contributed by atoms with Gasteiger partial charge in [-0.15, -0.1) is 0 Å². The van der Waals surface area contributed by atoms with Gasteiger partial charge in [-0.2, -0.15) is 0 Å². The second-order valence-electron chi connectivity index (χ2n) is 20.8. The van der Waals surface area contributed by atoms with Crippen LogP contribution in [0.2, 0.25) is 0 Å². The van der Waals surface area contributed by atoms with Crippen LogP contribution >= 0.6 is 0 Å². The molecule has 1 aliphatic heterocycles. The summed E-state index contributed by atoms with van der Waals surface area (Å²) < 4.78 is 11.3. The molecular weight excluding hydrogens is 839 g/mol. The number of hydrogen-bond donors (Lipinski definition) is 6. The number of allylic oxidation sites excluding steroid dienone is 2. The zero-order valence-corrected chi connectivity index (χ0v) is 44.2. The Balaban J connectivity index is 2.18. The standard InChI is InChI=1S/C58H113NO8/c1-3-5-7-9-11-13-15-17-19-21-23-24-25-26-27-28-30-32-34-36-38-40-42-44-46-48-54(62)59-51(50-66-58-57(65)56(64)55(63)53(49-60)67-58)52(61)47-45-43-41-39-37-35-33-31-29-22-20-18-16-14-12-10-8-6-4-2/h21,23,51-53,55-58,60-61,63-65H,3-20,22,24-50H2,1-2H3,(H,59,62)/b23-21-. The summed E-state index contributed by atoms with van der Waals surface area (Å²) in [4.78, 5) is 13.1. The van der Waals surface area contributed by atoms with Crippen LogP contribution in [-0.2, 0) is 14.3 Å². The van der Waals surface area contributed by atoms with Crippen LogP contribution in [0.25, 0.3) is 0 Å². The van der Waals surface area contributed by atoms with E-state index in [0.717, 1.165) is 38.5 Å². The lowest BCUT2D eigenvalue weighted by Gasteiger charge is -2.40. The van der Waals surface area contributed by atoms with Crippen LogP contribution in [0, 0.1) is 0 Å². The van der Waals surface area contributed by atoms with E-state index in [1.807, 2.05) is 0 Å². The van der Waals surface area contributed by atoms with Gasteiger partial charge in [0.05, 0.1) is 25.4 Å². The first-order chi connectivity index (χ1) is 32.8. The first-order valence-corrected chi connectivity index (χ1v) is 29.4. The molecule has 0 aliphatic carbocycles. The quantitative estimate of drug-likeness (QED) is 0.0261. The highest BCUT2D eigenvalue weighted by Crippen LogP contribution is 2.23. The molecule has 67 heavy (non-hydrogen) atoms. The van der Waals surface area contributed by atoms with Crippen molar-refractivity contribution in [2.24, 2.45) is 0 Å². The molecule has 1 saturated heterocycles. The number of ether oxygens (including phenoxy) is 2. The number of rotatable bonds is 51. The first-order valence-electron chi connectivity index (χ1n) is 29.4. The third kappa shape index (κ3) is 38.3. The molecular formula is C58H113NO8. The minimum atomic E-state index is -1.55. The normalized spacial score (nSPS) is 19.7. The van der Waals surface area contributed by atoms with Gasteiger partial charge in [0.15, 0.2) is 6.29 Å². The van der Waals surface area contributed by atoms with Crippen LogP contribution in [-0.4, -0.2) is 87.5 Å². The van der Waals surface area contributed by atoms with E-state index in [4.69, 9.17) is 9.47 Å². The van der Waals surface area contributed by atoms with E-state index in [2.05, 4.69) is 31.3 Å². The van der Waals surface area contributed by atoms with Gasteiger partial charge in [0.25, 0.3) is 0 Å². The van der Waals surface area contributed by atoms with Crippen molar-refractivity contribution in [3.05, 3.63) is 12.2 Å². The Hall–Kier alpha value is -1.07. The molecule has 0 radical (unpaired) electrons. The fourth-order valence-electron chi connectivity index (χ4n) is 9.69. The molecule has 6 N–H and O–H groups in total. The smallest absolute Gasteiger partial charge is 0.220 e. The van der Waals surface area contributed by atoms with Gasteiger partial charge >= 0.3 is 0 Å². The van der Waals surface area contributed by atoms with Crippen molar-refractivity contribution < 1.29 is 39.8 Å². The number of carbonyl (C=O) groups excluding carboxylic acids is 1. The van der Waals surface area contributed by atoms with Crippen LogP contribution in [0.4, 0.5) is 0 Å². The van der Waals surface area contributed by atoms with Crippen molar-refractivity contribution in [1.29, 1.82) is 0 Å². The van der Waals surface area contributed by atoms with Gasteiger partial charge in [0.1, 0.15) is 24.4 Å². The summed E-state index contributed by atoms with van der Waals surface area (Å²) in [5.74, 6) is -0.139. The Morgan fingerprint density at radius 2 is 0.836 bits per heavy atom. The summed E-state index contributed by atoms with van der Waals surface area (Å²) in [6, 6.07) is -0.716. The summed E-state index contributed by atoms with van der Waals surface area (Å²) in [6.45, 7) is 3.88. The molecule has 1 rings (SSSR count). The number of unbranched alkanes of at least 4 members (excludes halogenated alkanes) is 39. The lowest BCUT2D eigenvalue weighted by atomic mass is 9.99. The maximum atomic E-state index is 13.1. The number of carbonyl (C=O) groups is 1. The van der Waals surface area contributed by atoms with Crippen molar-refractivity contribution in [3.8, 4) is 0 Å². The van der Waals surface area contributed by atoms with Crippen LogP contribution in [0.5, 0.6) is 0 Å². The van der Waals surface area contributed by atoms with Gasteiger partial charge < -0.3 is 40.3 Å². The Morgan fingerprint density at radius 3 is 1.21 bits per heavy atom. The van der Waals surface area contributed by atoms with Crippen LogP contribution in [0.1, 0.15) is 296 Å². The van der Waals surface area contributed by atoms with E-state index in [-0.39, 0.29) is 12.5 Å². The maximum Gasteiger partial charge on any atom is 0.220 e. The molecule has 0 bridgehead atoms. The summed E-state index contributed by atoms with van der Waals surface area (Å²) in [5, 5.41) is 54.7. The van der Waals surface area contributed by atoms with Gasteiger partial charge in [0, 0.05) is 6.42 Å². The van der Waals surface area contributed by atoms with E-state index >= 15 is 0 Å². The molecule has 0 spiro atoms. The van der Waals surface area contributed by atoms with Crippen LogP contribution in [0.3, 0.4) is 0 Å². The van der Waals surface area contributed by atoms with Gasteiger partial charge in [-0.05, 0) is 38.5 Å². The molecule has 0 aromatic carbocycles. The average Bonchev–Trinajstić information content (AvgIpc) is 3.33. The zero-order chi connectivity index (χ0) is 48.7. The SMILES string of the molecule is CCCCCCCCCC/C=C\CCCCCCCCCCCCCCCC(=O)NC(COC1OC(CO)C(O)C(O)C1O)C(O)CCCCCCCCCCCCCCCCCCCCC. The number of aliphatic hydroxyl groups is 5. The molecule has 9 nitrogen and oxygen atoms in total. The molecule has 0 saturated carbocycles. The lowest BCUT2D eigenvalue weighted by Crippen LogP contribution is -2.60. The Morgan fingerprint density at radius 1 is 0.493 bits per heavy atom. The zero-order valence-electron chi connectivity index (χ0n) is 44.2. The molecule has 1 aliphatic rings. The predicted molar refractivity (Wildman–Crippen MR) is 281 cm³/mol. The summed E-state index contributed by atoms with van der Waals surface area (Å²) in [6.07, 6.45) is 52.4. The van der Waals surface area contributed by atoms with Crippen molar-refractivity contribution in [2.45, 2.75) is 339 Å². The van der Waals surface area contributed by atoms with Gasteiger partial charge in [-0.1, -0.05) is 264 Å². The number of hydrogen-bond acceptors (Lipinski definition) is 8. The van der Waals surface area contributed by atoms with Crippen molar-refractivity contribution in [2.75, 3.05) is 13.2 Å². The molecule has 7 atom stereocenters. The number of aliphatic hydroxyl groups excluding tert-OH is 5. The molecule has 0 aromatic rings. The average molecular weight is 953 g/mol. The minimum Gasteiger partial charge on any atom is -0.394 e. The maximum absolute atomic E-state index is 13.1. The summed E-state index contributed by atoms with van der Waals surface area (Å²) in [5.41, 5.74) is 0. The molecule has 7 unspecified atom stereocenters. The van der Waals surface area contributed by atoms with Gasteiger partial charge in [-0.3, -0.25) is 4.79 Å². The summed E-state index contributed by atoms with van der Waals surface area (Å²) in [7, 11) is 0. The van der Waals surface area contributed by atoms with Crippen LogP contribution in [0.15, 0.2) is 12.2 Å². The van der Waals surface area contributed by atoms with Gasteiger partial charge in [-0.25, -0.2) is 0 Å². The highest BCUT2D eigenvalue weighted by molar-refractivity contribution is 5.76. The predicted octanol–water partition coefficient (Wildman–Crippen LogP) is 14.4. The van der Waals surface area contributed by atoms with Crippen molar-refractivity contribution >= 4 is 5.91 Å². The third-order valence-corrected chi connectivity index (χ3v) is 14.4. The van der Waals surface area contributed by atoms with E-state index in [1.165, 1.54) is 231 Å². The Kier molecular flexibility index (Phi) is 46.3. The molecule has 9 heteroatoms. The van der Waals surface area contributed by atoms with Crippen LogP contribution < -0.4 is 5.32 Å². The van der Waals surface area contributed by atoms with Crippen molar-refractivity contribution in [3.63, 3.8) is 0 Å². The van der Waals surface area contributed by atoms with E-state index in [9.17, 15) is 30.3 Å². The first kappa shape index (κ1) is 63.9. The topological polar surface area (TPSA) is 149 Å². The second-order valence-corrected chi connectivity index (χ2v) is 20.8. The summed E-state index contributed by atoms with van der Waals surface area (Å²) >= 11 is 0. The van der Waals surface area contributed by atoms with Gasteiger partial charge in [0.2, 0.25) is 5.91 Å². The largest absolute Gasteiger partial charge is 0.394 e. The lowest BCUT2D eigenvalue weighted by molar-refractivity contribution is -0.302. The monoisotopic (exact) mass is 952 g/mol. The highest BCUT2D eigenvalue weighted by atomic mass is 16.7. The minimum absolute atomic E-state index is 0.133.